The minimum absolute atomic E-state index is 0.0362. The van der Waals surface area contributed by atoms with Crippen LogP contribution in [0.3, 0.4) is 0 Å². The van der Waals surface area contributed by atoms with Gasteiger partial charge in [-0.15, -0.1) is 0 Å². The molecule has 0 aliphatic carbocycles. The molecule has 0 aromatic rings. The summed E-state index contributed by atoms with van der Waals surface area (Å²) in [5.74, 6) is 1.72. The highest BCUT2D eigenvalue weighted by atomic mass is 32.2. The van der Waals surface area contributed by atoms with Gasteiger partial charge in [-0.05, 0) is 12.8 Å². The van der Waals surface area contributed by atoms with E-state index in [4.69, 9.17) is 0 Å². The molecule has 4 heteroatoms. The number of carbonyl (C=O) groups excluding carboxylic acids is 2. The van der Waals surface area contributed by atoms with Crippen molar-refractivity contribution in [2.75, 3.05) is 11.5 Å². The third-order valence-electron chi connectivity index (χ3n) is 2.31. The van der Waals surface area contributed by atoms with E-state index in [-0.39, 0.29) is 16.7 Å². The Morgan fingerprint density at radius 2 is 1.18 bits per heavy atom. The quantitative estimate of drug-likeness (QED) is 0.440. The van der Waals surface area contributed by atoms with Gasteiger partial charge in [-0.3, -0.25) is 9.59 Å². The summed E-state index contributed by atoms with van der Waals surface area (Å²) in [5.41, 5.74) is 0. The molecular weight excluding hydrogens is 252 g/mol. The molecule has 0 bridgehead atoms. The van der Waals surface area contributed by atoms with E-state index < -0.39 is 0 Å². The Hall–Kier alpha value is 0.0400. The van der Waals surface area contributed by atoms with Gasteiger partial charge >= 0.3 is 0 Å². The molecule has 0 N–H and O–H groups in total. The molecule has 0 heterocycles. The largest absolute Gasteiger partial charge is 0.287 e. The van der Waals surface area contributed by atoms with Gasteiger partial charge in [-0.2, -0.15) is 0 Å². The maximum Gasteiger partial charge on any atom is 0.197 e. The first kappa shape index (κ1) is 17.0. The molecule has 0 radical (unpaired) electrons. The second-order valence-corrected chi connectivity index (χ2v) is 6.34. The molecule has 100 valence electrons. The Kier molecular flexibility index (Phi) is 12.5. The van der Waals surface area contributed by atoms with Crippen LogP contribution in [0.4, 0.5) is 0 Å². The van der Waals surface area contributed by atoms with Crippen molar-refractivity contribution in [3.05, 3.63) is 0 Å². The van der Waals surface area contributed by atoms with Crippen LogP contribution in [0.15, 0.2) is 0 Å². The van der Waals surface area contributed by atoms with Crippen LogP contribution in [0.1, 0.15) is 58.8 Å². The molecule has 0 rings (SSSR count). The van der Waals surface area contributed by atoms with E-state index in [1.54, 1.807) is 0 Å². The molecule has 0 aliphatic rings. The van der Waals surface area contributed by atoms with Gasteiger partial charge < -0.3 is 0 Å². The van der Waals surface area contributed by atoms with Gasteiger partial charge in [0.2, 0.25) is 0 Å². The molecule has 0 saturated carbocycles. The maximum atomic E-state index is 11.4. The second kappa shape index (κ2) is 12.5. The van der Waals surface area contributed by atoms with E-state index in [0.29, 0.717) is 0 Å². The number of carbonyl (C=O) groups is 2. The summed E-state index contributed by atoms with van der Waals surface area (Å²) in [6.07, 6.45) is 6.92. The Morgan fingerprint density at radius 1 is 0.765 bits per heavy atom. The third-order valence-corrected chi connectivity index (χ3v) is 4.23. The van der Waals surface area contributed by atoms with Crippen LogP contribution >= 0.6 is 23.5 Å². The highest BCUT2D eigenvalue weighted by Gasteiger charge is 2.10. The van der Waals surface area contributed by atoms with Gasteiger partial charge in [-0.25, -0.2) is 0 Å². The number of hydrogen-bond donors (Lipinski definition) is 0. The van der Waals surface area contributed by atoms with Gasteiger partial charge in [0.25, 0.3) is 0 Å². The van der Waals surface area contributed by atoms with Crippen molar-refractivity contribution in [3.63, 3.8) is 0 Å². The highest BCUT2D eigenvalue weighted by molar-refractivity contribution is 8.15. The van der Waals surface area contributed by atoms with Gasteiger partial charge in [0, 0.05) is 11.5 Å². The predicted molar refractivity (Wildman–Crippen MR) is 78.6 cm³/mol. The fourth-order valence-corrected chi connectivity index (χ4v) is 3.01. The first-order valence-corrected chi connectivity index (χ1v) is 8.49. The van der Waals surface area contributed by atoms with Crippen molar-refractivity contribution in [3.8, 4) is 0 Å². The summed E-state index contributed by atoms with van der Waals surface area (Å²) >= 11 is 2.63. The summed E-state index contributed by atoms with van der Waals surface area (Å²) < 4.78 is 0. The summed E-state index contributed by atoms with van der Waals surface area (Å²) in [7, 11) is 0. The Bertz CT molecular complexity index is 195. The molecular formula is C13H24O2S2. The summed E-state index contributed by atoms with van der Waals surface area (Å²) in [5, 5.41) is 0.0724. The average molecular weight is 276 g/mol. The fourth-order valence-electron chi connectivity index (χ4n) is 1.30. The fraction of sp³-hybridized carbons (Fsp3) is 0.846. The lowest BCUT2D eigenvalue weighted by Gasteiger charge is -2.00. The first-order valence-electron chi connectivity index (χ1n) is 6.52. The summed E-state index contributed by atoms with van der Waals surface area (Å²) in [6, 6.07) is 0. The molecule has 0 aliphatic heterocycles. The first-order chi connectivity index (χ1) is 8.20. The normalized spacial score (nSPS) is 10.5. The third kappa shape index (κ3) is 12.3. The minimum Gasteiger partial charge on any atom is -0.287 e. The van der Waals surface area contributed by atoms with E-state index in [0.717, 1.165) is 24.3 Å². The molecule has 0 aromatic carbocycles. The molecule has 0 spiro atoms. The molecule has 0 unspecified atom stereocenters. The zero-order chi connectivity index (χ0) is 12.9. The smallest absolute Gasteiger partial charge is 0.197 e. The number of unbranched alkanes of at least 4 members (excludes halogenated alkanes) is 4. The number of thioether (sulfide) groups is 2. The number of hydrogen-bond acceptors (Lipinski definition) is 4. The Morgan fingerprint density at radius 3 is 1.53 bits per heavy atom. The average Bonchev–Trinajstić information content (AvgIpc) is 2.30. The molecule has 0 aromatic heterocycles. The van der Waals surface area contributed by atoms with Crippen molar-refractivity contribution in [1.29, 1.82) is 0 Å². The molecule has 0 amide bonds. The lowest BCUT2D eigenvalue weighted by molar-refractivity contribution is -0.117. The van der Waals surface area contributed by atoms with Crippen LogP contribution < -0.4 is 0 Å². The lowest BCUT2D eigenvalue weighted by Crippen LogP contribution is -2.02. The predicted octanol–water partition coefficient (Wildman–Crippen LogP) is 4.28. The van der Waals surface area contributed by atoms with Crippen molar-refractivity contribution in [2.45, 2.75) is 58.8 Å². The maximum absolute atomic E-state index is 11.4. The summed E-state index contributed by atoms with van der Waals surface area (Å²) in [4.78, 5) is 22.9. The lowest BCUT2D eigenvalue weighted by atomic mass is 10.3. The van der Waals surface area contributed by atoms with Crippen LogP contribution in [0, 0.1) is 0 Å². The van der Waals surface area contributed by atoms with Gasteiger partial charge in [0.15, 0.2) is 10.2 Å². The van der Waals surface area contributed by atoms with Crippen molar-refractivity contribution < 1.29 is 9.59 Å². The minimum atomic E-state index is 0.0362. The SMILES string of the molecule is CCCCCSC(=O)CC(=O)SCCCCC. The monoisotopic (exact) mass is 276 g/mol. The zero-order valence-electron chi connectivity index (χ0n) is 11.0. The van der Waals surface area contributed by atoms with E-state index >= 15 is 0 Å². The van der Waals surface area contributed by atoms with E-state index in [1.807, 2.05) is 0 Å². The van der Waals surface area contributed by atoms with Crippen LogP contribution in [0.25, 0.3) is 0 Å². The van der Waals surface area contributed by atoms with E-state index in [2.05, 4.69) is 13.8 Å². The van der Waals surface area contributed by atoms with Gasteiger partial charge in [0.05, 0.1) is 6.42 Å². The second-order valence-electron chi connectivity index (χ2n) is 4.03. The van der Waals surface area contributed by atoms with Gasteiger partial charge in [-0.1, -0.05) is 63.1 Å². The van der Waals surface area contributed by atoms with Gasteiger partial charge in [0.1, 0.15) is 0 Å². The highest BCUT2D eigenvalue weighted by Crippen LogP contribution is 2.15. The topological polar surface area (TPSA) is 34.1 Å². The van der Waals surface area contributed by atoms with Crippen LogP contribution in [-0.4, -0.2) is 21.7 Å². The zero-order valence-corrected chi connectivity index (χ0v) is 12.6. The van der Waals surface area contributed by atoms with E-state index in [1.165, 1.54) is 49.2 Å². The summed E-state index contributed by atoms with van der Waals surface area (Å²) in [6.45, 7) is 4.28. The molecule has 0 saturated heterocycles. The standard InChI is InChI=1S/C13H24O2S2/c1-3-5-7-9-16-12(14)11-13(15)17-10-8-6-4-2/h3-11H2,1-2H3. The molecule has 2 nitrogen and oxygen atoms in total. The van der Waals surface area contributed by atoms with Crippen molar-refractivity contribution >= 4 is 33.8 Å². The van der Waals surface area contributed by atoms with Crippen molar-refractivity contribution in [1.82, 2.24) is 0 Å². The van der Waals surface area contributed by atoms with Crippen LogP contribution in [-0.2, 0) is 9.59 Å². The van der Waals surface area contributed by atoms with Crippen molar-refractivity contribution in [2.24, 2.45) is 0 Å². The van der Waals surface area contributed by atoms with Crippen LogP contribution in [0.5, 0.6) is 0 Å². The van der Waals surface area contributed by atoms with Crippen LogP contribution in [0.2, 0.25) is 0 Å². The van der Waals surface area contributed by atoms with E-state index in [9.17, 15) is 9.59 Å². The number of rotatable bonds is 10. The Balaban J connectivity index is 3.42. The molecule has 17 heavy (non-hydrogen) atoms. The Labute approximate surface area is 114 Å². The molecule has 0 atom stereocenters. The molecule has 0 fully saturated rings.